The lowest BCUT2D eigenvalue weighted by atomic mass is 10.2. The highest BCUT2D eigenvalue weighted by Gasteiger charge is 2.21. The summed E-state index contributed by atoms with van der Waals surface area (Å²) in [4.78, 5) is 11.7. The zero-order valence-electron chi connectivity index (χ0n) is 19.1. The first-order chi connectivity index (χ1) is 16.2. The average Bonchev–Trinajstić information content (AvgIpc) is 3.11. The summed E-state index contributed by atoms with van der Waals surface area (Å²) in [6, 6.07) is 11.2. The van der Waals surface area contributed by atoms with E-state index in [2.05, 4.69) is 5.32 Å². The summed E-state index contributed by atoms with van der Waals surface area (Å²) in [5.41, 5.74) is 1.69. The monoisotopic (exact) mass is 541 g/mol. The first-order valence-corrected chi connectivity index (χ1v) is 14.7. The number of thioether (sulfide) groups is 1. The van der Waals surface area contributed by atoms with Crippen LogP contribution < -0.4 is 10.1 Å². The molecule has 1 heterocycles. The van der Waals surface area contributed by atoms with Crippen LogP contribution in [0.15, 0.2) is 45.5 Å². The van der Waals surface area contributed by atoms with Crippen molar-refractivity contribution in [3.63, 3.8) is 0 Å². The SMILES string of the molecule is Cc1cc(SCCCNCCCS(=O)(=O)c2sc3ccc(Cl)cc3c2C)ccc1OCC(=O)O. The van der Waals surface area contributed by atoms with Crippen molar-refractivity contribution in [2.75, 3.05) is 31.2 Å². The van der Waals surface area contributed by atoms with Crippen LogP contribution in [-0.4, -0.2) is 50.7 Å². The van der Waals surface area contributed by atoms with Crippen molar-refractivity contribution >= 4 is 60.6 Å². The van der Waals surface area contributed by atoms with E-state index in [-0.39, 0.29) is 12.4 Å². The van der Waals surface area contributed by atoms with Crippen molar-refractivity contribution < 1.29 is 23.1 Å². The molecule has 0 radical (unpaired) electrons. The van der Waals surface area contributed by atoms with Crippen LogP contribution in [0.4, 0.5) is 0 Å². The first-order valence-electron chi connectivity index (χ1n) is 10.9. The number of fused-ring (bicyclic) bond motifs is 1. The van der Waals surface area contributed by atoms with E-state index in [9.17, 15) is 13.2 Å². The summed E-state index contributed by atoms with van der Waals surface area (Å²) in [6.45, 7) is 4.85. The maximum absolute atomic E-state index is 12.8. The molecule has 0 spiro atoms. The number of carboxylic acid groups (broad SMARTS) is 1. The molecule has 0 unspecified atom stereocenters. The fraction of sp³-hybridized carbons (Fsp3) is 0.375. The number of halogens is 1. The lowest BCUT2D eigenvalue weighted by Crippen LogP contribution is -2.20. The number of ether oxygens (including phenoxy) is 1. The first kappa shape index (κ1) is 26.8. The van der Waals surface area contributed by atoms with Crippen LogP contribution in [0, 0.1) is 13.8 Å². The van der Waals surface area contributed by atoms with Gasteiger partial charge < -0.3 is 15.2 Å². The van der Waals surface area contributed by atoms with Crippen LogP contribution in [-0.2, 0) is 14.6 Å². The third-order valence-corrected chi connectivity index (χ3v) is 10.3. The van der Waals surface area contributed by atoms with E-state index in [1.165, 1.54) is 11.3 Å². The minimum absolute atomic E-state index is 0.117. The topological polar surface area (TPSA) is 92.7 Å². The summed E-state index contributed by atoms with van der Waals surface area (Å²) < 4.78 is 32.3. The van der Waals surface area contributed by atoms with E-state index in [1.54, 1.807) is 23.9 Å². The minimum atomic E-state index is -3.33. The summed E-state index contributed by atoms with van der Waals surface area (Å²) in [6.07, 6.45) is 1.50. The fourth-order valence-corrected chi connectivity index (χ4v) is 7.83. The van der Waals surface area contributed by atoms with Gasteiger partial charge in [-0.25, -0.2) is 13.2 Å². The second kappa shape index (κ2) is 12.3. The summed E-state index contributed by atoms with van der Waals surface area (Å²) >= 11 is 9.10. The van der Waals surface area contributed by atoms with Gasteiger partial charge in [-0.1, -0.05) is 11.6 Å². The van der Waals surface area contributed by atoms with Gasteiger partial charge in [0.05, 0.1) is 5.75 Å². The van der Waals surface area contributed by atoms with Gasteiger partial charge in [0.15, 0.2) is 16.4 Å². The summed E-state index contributed by atoms with van der Waals surface area (Å²) in [5.74, 6) is 0.622. The van der Waals surface area contributed by atoms with E-state index in [4.69, 9.17) is 21.4 Å². The molecule has 10 heteroatoms. The van der Waals surface area contributed by atoms with Gasteiger partial charge in [-0.3, -0.25) is 0 Å². The Balaban J connectivity index is 1.36. The lowest BCUT2D eigenvalue weighted by molar-refractivity contribution is -0.139. The highest BCUT2D eigenvalue weighted by atomic mass is 35.5. The Morgan fingerprint density at radius 3 is 2.65 bits per heavy atom. The molecule has 0 saturated heterocycles. The van der Waals surface area contributed by atoms with Gasteiger partial charge in [0.2, 0.25) is 0 Å². The summed E-state index contributed by atoms with van der Waals surface area (Å²) in [5, 5.41) is 13.6. The highest BCUT2D eigenvalue weighted by Crippen LogP contribution is 2.36. The molecule has 0 atom stereocenters. The number of benzene rings is 2. The Morgan fingerprint density at radius 2 is 1.91 bits per heavy atom. The Labute approximate surface area is 213 Å². The molecule has 0 aliphatic carbocycles. The van der Waals surface area contributed by atoms with Crippen LogP contribution in [0.3, 0.4) is 0 Å². The standard InChI is InChI=1S/C24H28ClNO5S3/c1-16-13-19(6-7-21(16)31-15-23(27)28)32-11-3-9-26-10-4-12-34(29,30)24-17(2)20-14-18(25)5-8-22(20)33-24/h5-8,13-14,26H,3-4,9-12,15H2,1-2H3,(H,27,28). The molecule has 0 aliphatic heterocycles. The number of sulfone groups is 1. The Bertz CT molecular complexity index is 1260. The van der Waals surface area contributed by atoms with Crippen LogP contribution in [0.1, 0.15) is 24.0 Å². The molecular formula is C24H28ClNO5S3. The molecule has 1 aromatic heterocycles. The molecule has 0 fully saturated rings. The third kappa shape index (κ3) is 7.36. The fourth-order valence-electron chi connectivity index (χ4n) is 3.47. The lowest BCUT2D eigenvalue weighted by Gasteiger charge is -2.09. The van der Waals surface area contributed by atoms with Crippen molar-refractivity contribution in [2.45, 2.75) is 35.8 Å². The predicted molar refractivity (Wildman–Crippen MR) is 141 cm³/mol. The largest absolute Gasteiger partial charge is 0.482 e. The third-order valence-electron chi connectivity index (χ3n) is 5.17. The highest BCUT2D eigenvalue weighted by molar-refractivity contribution is 7.99. The molecule has 3 aromatic rings. The van der Waals surface area contributed by atoms with E-state index in [0.717, 1.165) is 44.8 Å². The van der Waals surface area contributed by atoms with Gasteiger partial charge in [-0.2, -0.15) is 0 Å². The van der Waals surface area contributed by atoms with Crippen LogP contribution in [0.2, 0.25) is 5.02 Å². The molecular weight excluding hydrogens is 514 g/mol. The Kier molecular flexibility index (Phi) is 9.67. The Hall–Kier alpha value is -1.78. The zero-order valence-corrected chi connectivity index (χ0v) is 22.3. The molecule has 3 rings (SSSR count). The van der Waals surface area contributed by atoms with Crippen molar-refractivity contribution in [3.05, 3.63) is 52.5 Å². The molecule has 0 saturated carbocycles. The maximum Gasteiger partial charge on any atom is 0.341 e. The zero-order chi connectivity index (χ0) is 24.7. The number of carboxylic acids is 1. The molecule has 184 valence electrons. The number of nitrogens with one attached hydrogen (secondary N) is 1. The quantitative estimate of drug-likeness (QED) is 0.216. The number of hydrogen-bond donors (Lipinski definition) is 2. The van der Waals surface area contributed by atoms with Gasteiger partial charge >= 0.3 is 5.97 Å². The summed E-state index contributed by atoms with van der Waals surface area (Å²) in [7, 11) is -3.33. The number of hydrogen-bond acceptors (Lipinski definition) is 7. The van der Waals surface area contributed by atoms with E-state index in [0.29, 0.717) is 27.9 Å². The second-order valence-corrected chi connectivity index (χ2v) is 12.9. The molecule has 34 heavy (non-hydrogen) atoms. The molecule has 0 amide bonds. The number of carbonyl (C=O) groups is 1. The van der Waals surface area contributed by atoms with E-state index in [1.807, 2.05) is 38.1 Å². The van der Waals surface area contributed by atoms with Gasteiger partial charge in [-0.05, 0) is 98.4 Å². The van der Waals surface area contributed by atoms with Crippen LogP contribution in [0.5, 0.6) is 5.75 Å². The van der Waals surface area contributed by atoms with Gasteiger partial charge in [-0.15, -0.1) is 23.1 Å². The van der Waals surface area contributed by atoms with Crippen LogP contribution >= 0.6 is 34.7 Å². The average molecular weight is 542 g/mol. The molecule has 0 bridgehead atoms. The van der Waals surface area contributed by atoms with Crippen molar-refractivity contribution in [3.8, 4) is 5.75 Å². The smallest absolute Gasteiger partial charge is 0.341 e. The number of thiophene rings is 1. The number of aryl methyl sites for hydroxylation is 2. The maximum atomic E-state index is 12.8. The Morgan fingerprint density at radius 1 is 1.15 bits per heavy atom. The van der Waals surface area contributed by atoms with Crippen molar-refractivity contribution in [1.82, 2.24) is 5.32 Å². The second-order valence-electron chi connectivity index (χ2n) is 7.89. The minimum Gasteiger partial charge on any atom is -0.482 e. The molecule has 0 aliphatic rings. The van der Waals surface area contributed by atoms with E-state index < -0.39 is 15.8 Å². The van der Waals surface area contributed by atoms with Crippen molar-refractivity contribution in [2.24, 2.45) is 0 Å². The van der Waals surface area contributed by atoms with Gasteiger partial charge in [0.1, 0.15) is 9.96 Å². The van der Waals surface area contributed by atoms with E-state index >= 15 is 0 Å². The molecule has 2 N–H and O–H groups in total. The van der Waals surface area contributed by atoms with Gasteiger partial charge in [0.25, 0.3) is 0 Å². The molecule has 6 nitrogen and oxygen atoms in total. The molecule has 2 aromatic carbocycles. The predicted octanol–water partition coefficient (Wildman–Crippen LogP) is 5.57. The van der Waals surface area contributed by atoms with Crippen molar-refractivity contribution in [1.29, 1.82) is 0 Å². The normalized spacial score (nSPS) is 11.7. The van der Waals surface area contributed by atoms with Gasteiger partial charge in [0, 0.05) is 14.6 Å². The number of aliphatic carboxylic acids is 1. The van der Waals surface area contributed by atoms with Crippen LogP contribution in [0.25, 0.3) is 10.1 Å². The number of rotatable bonds is 13.